The van der Waals surface area contributed by atoms with Crippen molar-refractivity contribution in [2.45, 2.75) is 76.9 Å². The number of allylic oxidation sites excluding steroid dienone is 2. The second kappa shape index (κ2) is 10.6. The lowest BCUT2D eigenvalue weighted by molar-refractivity contribution is -0.128. The zero-order chi connectivity index (χ0) is 21.7. The first-order chi connectivity index (χ1) is 14.3. The van der Waals surface area contributed by atoms with Crippen LogP contribution >= 0.6 is 0 Å². The molecule has 2 aliphatic carbocycles. The van der Waals surface area contributed by atoms with Crippen LogP contribution in [0.15, 0.2) is 35.9 Å². The summed E-state index contributed by atoms with van der Waals surface area (Å²) < 4.78 is 0. The first-order valence-corrected chi connectivity index (χ1v) is 11.6. The molecule has 0 aromatic heterocycles. The Morgan fingerprint density at radius 1 is 1.27 bits per heavy atom. The first kappa shape index (κ1) is 23.0. The fourth-order valence-corrected chi connectivity index (χ4v) is 5.44. The summed E-state index contributed by atoms with van der Waals surface area (Å²) in [7, 11) is 3.62. The minimum Gasteiger partial charge on any atom is -0.393 e. The lowest BCUT2D eigenvalue weighted by atomic mass is 9.85. The molecule has 0 unspecified atom stereocenters. The summed E-state index contributed by atoms with van der Waals surface area (Å²) >= 11 is 0. The average Bonchev–Trinajstić information content (AvgIpc) is 3.19. The number of aliphatic hydroxyl groups is 2. The molecule has 4 heteroatoms. The van der Waals surface area contributed by atoms with E-state index in [2.05, 4.69) is 31.2 Å². The maximum atomic E-state index is 11.7. The van der Waals surface area contributed by atoms with Crippen LogP contribution in [0.2, 0.25) is 0 Å². The van der Waals surface area contributed by atoms with Gasteiger partial charge in [0.25, 0.3) is 0 Å². The summed E-state index contributed by atoms with van der Waals surface area (Å²) in [6, 6.07) is 8.35. The van der Waals surface area contributed by atoms with Crippen molar-refractivity contribution < 1.29 is 15.0 Å². The van der Waals surface area contributed by atoms with Crippen LogP contribution in [0.5, 0.6) is 0 Å². The van der Waals surface area contributed by atoms with Gasteiger partial charge in [-0.3, -0.25) is 4.79 Å². The summed E-state index contributed by atoms with van der Waals surface area (Å²) in [4.78, 5) is 13.4. The molecule has 4 nitrogen and oxygen atoms in total. The maximum absolute atomic E-state index is 11.7. The van der Waals surface area contributed by atoms with E-state index >= 15 is 0 Å². The Morgan fingerprint density at radius 2 is 2.07 bits per heavy atom. The van der Waals surface area contributed by atoms with Crippen molar-refractivity contribution in [3.05, 3.63) is 47.0 Å². The molecular weight excluding hydrogens is 374 g/mol. The molecule has 1 fully saturated rings. The van der Waals surface area contributed by atoms with Gasteiger partial charge < -0.3 is 15.1 Å². The Morgan fingerprint density at radius 3 is 2.80 bits per heavy atom. The summed E-state index contributed by atoms with van der Waals surface area (Å²) in [5, 5.41) is 21.1. The van der Waals surface area contributed by atoms with Crippen molar-refractivity contribution in [1.82, 2.24) is 4.90 Å². The molecular formula is C26H39NO3. The Labute approximate surface area is 182 Å². The van der Waals surface area contributed by atoms with Gasteiger partial charge in [0.15, 0.2) is 0 Å². The van der Waals surface area contributed by atoms with Gasteiger partial charge in [-0.25, -0.2) is 0 Å². The van der Waals surface area contributed by atoms with Crippen molar-refractivity contribution in [2.24, 2.45) is 17.8 Å². The minimum atomic E-state index is -0.346. The van der Waals surface area contributed by atoms with E-state index in [0.29, 0.717) is 30.6 Å². The van der Waals surface area contributed by atoms with Crippen LogP contribution in [0.25, 0.3) is 0 Å². The molecule has 0 aliphatic heterocycles. The predicted octanol–water partition coefficient (Wildman–Crippen LogP) is 4.27. The van der Waals surface area contributed by atoms with Gasteiger partial charge in [0.1, 0.15) is 0 Å². The van der Waals surface area contributed by atoms with E-state index in [-0.39, 0.29) is 18.1 Å². The third-order valence-electron chi connectivity index (χ3n) is 7.08. The molecule has 30 heavy (non-hydrogen) atoms. The van der Waals surface area contributed by atoms with Crippen LogP contribution in [0.4, 0.5) is 0 Å². The second-order valence-corrected chi connectivity index (χ2v) is 9.74. The van der Waals surface area contributed by atoms with E-state index in [1.165, 1.54) is 16.7 Å². The Hall–Kier alpha value is -1.65. The molecule has 0 heterocycles. The van der Waals surface area contributed by atoms with Crippen molar-refractivity contribution >= 4 is 5.91 Å². The van der Waals surface area contributed by atoms with Gasteiger partial charge in [-0.1, -0.05) is 41.5 Å². The van der Waals surface area contributed by atoms with Gasteiger partial charge in [-0.2, -0.15) is 0 Å². The van der Waals surface area contributed by atoms with E-state index in [4.69, 9.17) is 0 Å². The second-order valence-electron chi connectivity index (χ2n) is 9.74. The van der Waals surface area contributed by atoms with Crippen LogP contribution in [0, 0.1) is 24.7 Å². The van der Waals surface area contributed by atoms with E-state index in [9.17, 15) is 15.0 Å². The smallest absolute Gasteiger partial charge is 0.222 e. The largest absolute Gasteiger partial charge is 0.393 e. The number of unbranched alkanes of at least 4 members (excludes halogenated alkanes) is 1. The number of carbonyl (C=O) groups excluding carboxylic acids is 1. The molecule has 1 aromatic carbocycles. The Balaban J connectivity index is 1.42. The van der Waals surface area contributed by atoms with Gasteiger partial charge in [0, 0.05) is 20.5 Å². The van der Waals surface area contributed by atoms with Crippen LogP contribution < -0.4 is 0 Å². The number of benzene rings is 1. The highest BCUT2D eigenvalue weighted by Gasteiger charge is 2.44. The van der Waals surface area contributed by atoms with E-state index < -0.39 is 0 Å². The fourth-order valence-electron chi connectivity index (χ4n) is 5.44. The summed E-state index contributed by atoms with van der Waals surface area (Å²) in [6.07, 6.45) is 9.83. The van der Waals surface area contributed by atoms with Gasteiger partial charge in [-0.15, -0.1) is 0 Å². The highest BCUT2D eigenvalue weighted by Crippen LogP contribution is 2.49. The third kappa shape index (κ3) is 6.18. The number of aryl methyl sites for hydroxylation is 1. The molecule has 1 amide bonds. The Kier molecular flexibility index (Phi) is 8.13. The zero-order valence-corrected chi connectivity index (χ0v) is 18.9. The molecule has 2 aliphatic rings. The standard InChI is InChI=1S/C26H39NO3/c1-18-7-6-9-19(13-18)15-22(28)11-12-23-24-16-20(14-21(24)17-25(23)29)8-4-5-10-26(30)27(2)3/h6-7,9,13-14,21-25,28-29H,4-5,8,10-12,15-17H2,1-3H3/t21-,22+,23+,24-,25+/m0/s1. The summed E-state index contributed by atoms with van der Waals surface area (Å²) in [5.74, 6) is 1.54. The molecule has 2 N–H and O–H groups in total. The van der Waals surface area contributed by atoms with Crippen molar-refractivity contribution in [1.29, 1.82) is 0 Å². The topological polar surface area (TPSA) is 60.8 Å². The average molecular weight is 414 g/mol. The van der Waals surface area contributed by atoms with Gasteiger partial charge in [0.05, 0.1) is 12.2 Å². The van der Waals surface area contributed by atoms with Crippen molar-refractivity contribution in [3.8, 4) is 0 Å². The van der Waals surface area contributed by atoms with Gasteiger partial charge in [-0.05, 0) is 81.6 Å². The van der Waals surface area contributed by atoms with Crippen molar-refractivity contribution in [2.75, 3.05) is 14.1 Å². The van der Waals surface area contributed by atoms with Gasteiger partial charge in [0.2, 0.25) is 5.91 Å². The molecule has 1 aromatic rings. The molecule has 0 bridgehead atoms. The number of amides is 1. The molecule has 1 saturated carbocycles. The van der Waals surface area contributed by atoms with E-state index in [0.717, 1.165) is 44.9 Å². The number of rotatable bonds is 10. The first-order valence-electron chi connectivity index (χ1n) is 11.6. The summed E-state index contributed by atoms with van der Waals surface area (Å²) in [5.41, 5.74) is 3.92. The van der Waals surface area contributed by atoms with Crippen molar-refractivity contribution in [3.63, 3.8) is 0 Å². The highest BCUT2D eigenvalue weighted by molar-refractivity contribution is 5.75. The third-order valence-corrected chi connectivity index (χ3v) is 7.08. The minimum absolute atomic E-state index is 0.208. The van der Waals surface area contributed by atoms with Crippen LogP contribution in [0.3, 0.4) is 0 Å². The Bertz CT molecular complexity index is 742. The molecule has 0 radical (unpaired) electrons. The molecule has 166 valence electrons. The highest BCUT2D eigenvalue weighted by atomic mass is 16.3. The SMILES string of the molecule is Cc1cccc(C[C@H](O)CC[C@@H]2[C@H]3CC(CCCCC(=O)N(C)C)=C[C@H]3C[C@H]2O)c1. The fraction of sp³-hybridized carbons (Fsp3) is 0.654. The number of hydrogen-bond donors (Lipinski definition) is 2. The number of nitrogens with zero attached hydrogens (tertiary/aromatic N) is 1. The van der Waals surface area contributed by atoms with E-state index in [1.54, 1.807) is 4.90 Å². The maximum Gasteiger partial charge on any atom is 0.222 e. The summed E-state index contributed by atoms with van der Waals surface area (Å²) in [6.45, 7) is 2.08. The van der Waals surface area contributed by atoms with Crippen LogP contribution in [-0.4, -0.2) is 47.3 Å². The lowest BCUT2D eigenvalue weighted by Crippen LogP contribution is -2.22. The predicted molar refractivity (Wildman–Crippen MR) is 121 cm³/mol. The monoisotopic (exact) mass is 413 g/mol. The van der Waals surface area contributed by atoms with Crippen LogP contribution in [-0.2, 0) is 11.2 Å². The number of fused-ring (bicyclic) bond motifs is 1. The quantitative estimate of drug-likeness (QED) is 0.445. The molecule has 5 atom stereocenters. The zero-order valence-electron chi connectivity index (χ0n) is 18.9. The van der Waals surface area contributed by atoms with Crippen LogP contribution in [0.1, 0.15) is 62.5 Å². The number of aliphatic hydroxyl groups excluding tert-OH is 2. The number of carbonyl (C=O) groups is 1. The molecule has 0 saturated heterocycles. The number of hydrogen-bond acceptors (Lipinski definition) is 3. The van der Waals surface area contributed by atoms with E-state index in [1.807, 2.05) is 20.2 Å². The lowest BCUT2D eigenvalue weighted by Gasteiger charge is -2.23. The molecule has 3 rings (SSSR count). The van der Waals surface area contributed by atoms with Gasteiger partial charge >= 0.3 is 0 Å². The molecule has 0 spiro atoms. The normalized spacial score (nSPS) is 26.4.